The van der Waals surface area contributed by atoms with Gasteiger partial charge < -0.3 is 10.1 Å². The Bertz CT molecular complexity index is 612. The van der Waals surface area contributed by atoms with Crippen LogP contribution in [0.3, 0.4) is 0 Å². The molecule has 3 nitrogen and oxygen atoms in total. The van der Waals surface area contributed by atoms with E-state index in [0.29, 0.717) is 34.7 Å². The summed E-state index contributed by atoms with van der Waals surface area (Å²) in [6, 6.07) is 5.52. The van der Waals surface area contributed by atoms with Gasteiger partial charge in [0.15, 0.2) is 0 Å². The summed E-state index contributed by atoms with van der Waals surface area (Å²) >= 11 is 13.7. The molecule has 108 valence electrons. The van der Waals surface area contributed by atoms with E-state index in [1.807, 2.05) is 19.1 Å². The normalized spacial score (nSPS) is 10.9. The van der Waals surface area contributed by atoms with Crippen molar-refractivity contribution in [3.8, 4) is 0 Å². The molecular formula is C14H15Cl2NO2S. The van der Waals surface area contributed by atoms with Gasteiger partial charge in [-0.1, -0.05) is 29.3 Å². The summed E-state index contributed by atoms with van der Waals surface area (Å²) in [7, 11) is 0. The van der Waals surface area contributed by atoms with Crippen molar-refractivity contribution < 1.29 is 9.53 Å². The van der Waals surface area contributed by atoms with Crippen LogP contribution in [0.15, 0.2) is 18.2 Å². The summed E-state index contributed by atoms with van der Waals surface area (Å²) in [5.41, 5.74) is 0. The highest BCUT2D eigenvalue weighted by Crippen LogP contribution is 2.39. The van der Waals surface area contributed by atoms with Gasteiger partial charge in [0.25, 0.3) is 5.91 Å². The number of amides is 1. The molecule has 6 heteroatoms. The molecule has 0 aliphatic rings. The Kier molecular flexibility index (Phi) is 5.66. The maximum Gasteiger partial charge on any atom is 0.262 e. The average molecular weight is 332 g/mol. The molecule has 0 fully saturated rings. The van der Waals surface area contributed by atoms with Crippen LogP contribution < -0.4 is 5.32 Å². The van der Waals surface area contributed by atoms with Crippen molar-refractivity contribution in [2.45, 2.75) is 13.3 Å². The lowest BCUT2D eigenvalue weighted by molar-refractivity contribution is 0.0948. The summed E-state index contributed by atoms with van der Waals surface area (Å²) in [6.07, 6.45) is 0.781. The Balaban J connectivity index is 2.07. The second kappa shape index (κ2) is 7.27. The minimum atomic E-state index is -0.163. The molecule has 0 unspecified atom stereocenters. The number of rotatable bonds is 6. The van der Waals surface area contributed by atoms with Crippen molar-refractivity contribution in [2.24, 2.45) is 0 Å². The van der Waals surface area contributed by atoms with E-state index < -0.39 is 0 Å². The summed E-state index contributed by atoms with van der Waals surface area (Å²) in [6.45, 7) is 3.84. The number of ether oxygens (including phenoxy) is 1. The summed E-state index contributed by atoms with van der Waals surface area (Å²) in [4.78, 5) is 12.6. The smallest absolute Gasteiger partial charge is 0.262 e. The third-order valence-electron chi connectivity index (χ3n) is 2.77. The molecule has 2 aromatic rings. The summed E-state index contributed by atoms with van der Waals surface area (Å²) in [5.74, 6) is -0.163. The van der Waals surface area contributed by atoms with E-state index in [-0.39, 0.29) is 5.91 Å². The highest BCUT2D eigenvalue weighted by Gasteiger charge is 2.18. The molecule has 1 aromatic heterocycles. The fourth-order valence-corrected chi connectivity index (χ4v) is 3.69. The van der Waals surface area contributed by atoms with Gasteiger partial charge in [0.1, 0.15) is 4.88 Å². The van der Waals surface area contributed by atoms with Gasteiger partial charge >= 0.3 is 0 Å². The number of fused-ring (bicyclic) bond motifs is 1. The number of carbonyl (C=O) groups is 1. The van der Waals surface area contributed by atoms with E-state index in [1.165, 1.54) is 11.3 Å². The highest BCUT2D eigenvalue weighted by atomic mass is 35.5. The quantitative estimate of drug-likeness (QED) is 0.798. The minimum absolute atomic E-state index is 0.163. The van der Waals surface area contributed by atoms with Gasteiger partial charge in [-0.3, -0.25) is 4.79 Å². The lowest BCUT2D eigenvalue weighted by Gasteiger charge is -2.04. The number of halogens is 2. The molecule has 20 heavy (non-hydrogen) atoms. The van der Waals surface area contributed by atoms with Gasteiger partial charge in [-0.05, 0) is 25.5 Å². The van der Waals surface area contributed by atoms with Crippen molar-refractivity contribution in [3.05, 3.63) is 33.1 Å². The van der Waals surface area contributed by atoms with E-state index in [2.05, 4.69) is 5.32 Å². The second-order valence-electron chi connectivity index (χ2n) is 4.16. The predicted molar refractivity (Wildman–Crippen MR) is 85.3 cm³/mol. The zero-order valence-electron chi connectivity index (χ0n) is 11.0. The van der Waals surface area contributed by atoms with Gasteiger partial charge in [0.05, 0.1) is 10.0 Å². The van der Waals surface area contributed by atoms with E-state index in [4.69, 9.17) is 27.9 Å². The Morgan fingerprint density at radius 1 is 1.40 bits per heavy atom. The summed E-state index contributed by atoms with van der Waals surface area (Å²) in [5, 5.41) is 4.59. The van der Waals surface area contributed by atoms with Crippen molar-refractivity contribution >= 4 is 50.5 Å². The Morgan fingerprint density at radius 3 is 2.90 bits per heavy atom. The van der Waals surface area contributed by atoms with Gasteiger partial charge in [0.2, 0.25) is 0 Å². The Labute approximate surface area is 131 Å². The van der Waals surface area contributed by atoms with Crippen LogP contribution in [0.1, 0.15) is 23.0 Å². The highest BCUT2D eigenvalue weighted by molar-refractivity contribution is 7.21. The maximum absolute atomic E-state index is 12.1. The monoisotopic (exact) mass is 331 g/mol. The molecule has 0 radical (unpaired) electrons. The van der Waals surface area contributed by atoms with Gasteiger partial charge in [-0.2, -0.15) is 0 Å². The van der Waals surface area contributed by atoms with Crippen molar-refractivity contribution in [3.63, 3.8) is 0 Å². The van der Waals surface area contributed by atoms with Gasteiger partial charge in [-0.15, -0.1) is 11.3 Å². The molecule has 1 N–H and O–H groups in total. The van der Waals surface area contributed by atoms with Crippen LogP contribution in [0, 0.1) is 0 Å². The number of nitrogens with one attached hydrogen (secondary N) is 1. The van der Waals surface area contributed by atoms with Crippen molar-refractivity contribution in [1.82, 2.24) is 5.32 Å². The number of hydrogen-bond acceptors (Lipinski definition) is 3. The zero-order valence-corrected chi connectivity index (χ0v) is 13.4. The first kappa shape index (κ1) is 15.6. The number of hydrogen-bond donors (Lipinski definition) is 1. The van der Waals surface area contributed by atoms with Crippen molar-refractivity contribution in [1.29, 1.82) is 0 Å². The predicted octanol–water partition coefficient (Wildman–Crippen LogP) is 4.36. The molecule has 2 rings (SSSR count). The number of benzene rings is 1. The second-order valence-corrected chi connectivity index (χ2v) is 6.00. The van der Waals surface area contributed by atoms with Crippen LogP contribution in [0.4, 0.5) is 0 Å². The minimum Gasteiger partial charge on any atom is -0.382 e. The third-order valence-corrected chi connectivity index (χ3v) is 4.73. The molecule has 0 aliphatic heterocycles. The topological polar surface area (TPSA) is 38.3 Å². The number of thiophene rings is 1. The first-order chi connectivity index (χ1) is 9.65. The largest absolute Gasteiger partial charge is 0.382 e. The van der Waals surface area contributed by atoms with Gasteiger partial charge in [-0.25, -0.2) is 0 Å². The maximum atomic E-state index is 12.1. The number of carbonyl (C=O) groups excluding carboxylic acids is 1. The van der Waals surface area contributed by atoms with E-state index in [0.717, 1.165) is 16.5 Å². The molecule has 0 aliphatic carbocycles. The van der Waals surface area contributed by atoms with Crippen LogP contribution in [0.25, 0.3) is 10.1 Å². The van der Waals surface area contributed by atoms with E-state index >= 15 is 0 Å². The van der Waals surface area contributed by atoms with Crippen LogP contribution in [-0.2, 0) is 4.74 Å². The van der Waals surface area contributed by atoms with E-state index in [1.54, 1.807) is 6.07 Å². The zero-order chi connectivity index (χ0) is 14.5. The Hall–Kier alpha value is -0.810. The molecule has 0 atom stereocenters. The lowest BCUT2D eigenvalue weighted by Crippen LogP contribution is -2.24. The van der Waals surface area contributed by atoms with Gasteiger partial charge in [0, 0.05) is 29.8 Å². The molecule has 1 aromatic carbocycles. The van der Waals surface area contributed by atoms with Crippen molar-refractivity contribution in [2.75, 3.05) is 19.8 Å². The molecular weight excluding hydrogens is 317 g/mol. The van der Waals surface area contributed by atoms with Crippen LogP contribution in [-0.4, -0.2) is 25.7 Å². The molecule has 1 heterocycles. The SMILES string of the molecule is CCOCCCNC(=O)c1sc2cccc(Cl)c2c1Cl. The lowest BCUT2D eigenvalue weighted by atomic mass is 10.2. The fraction of sp³-hybridized carbons (Fsp3) is 0.357. The fourth-order valence-electron chi connectivity index (χ4n) is 1.82. The standard InChI is InChI=1S/C14H15Cl2NO2S/c1-2-19-8-4-7-17-14(18)13-12(16)11-9(15)5-3-6-10(11)20-13/h3,5-6H,2,4,7-8H2,1H3,(H,17,18). The van der Waals surface area contributed by atoms with Crippen LogP contribution >= 0.6 is 34.5 Å². The third kappa shape index (κ3) is 3.44. The molecule has 0 saturated carbocycles. The first-order valence-electron chi connectivity index (χ1n) is 6.37. The molecule has 0 spiro atoms. The molecule has 0 saturated heterocycles. The Morgan fingerprint density at radius 2 is 2.20 bits per heavy atom. The first-order valence-corrected chi connectivity index (χ1v) is 7.94. The van der Waals surface area contributed by atoms with E-state index in [9.17, 15) is 4.79 Å². The van der Waals surface area contributed by atoms with Crippen LogP contribution in [0.5, 0.6) is 0 Å². The van der Waals surface area contributed by atoms with Crippen LogP contribution in [0.2, 0.25) is 10.0 Å². The average Bonchev–Trinajstić information content (AvgIpc) is 2.77. The molecule has 1 amide bonds. The summed E-state index contributed by atoms with van der Waals surface area (Å²) < 4.78 is 6.13. The molecule has 0 bridgehead atoms.